The highest BCUT2D eigenvalue weighted by Crippen LogP contribution is 2.21. The molecule has 0 atom stereocenters. The lowest BCUT2D eigenvalue weighted by atomic mass is 10.1. The first kappa shape index (κ1) is 16.3. The van der Waals surface area contributed by atoms with Crippen LogP contribution in [-0.2, 0) is 6.61 Å². The molecule has 0 radical (unpaired) electrons. The molecule has 0 spiro atoms. The first-order valence-electron chi connectivity index (χ1n) is 7.05. The van der Waals surface area contributed by atoms with Gasteiger partial charge in [-0.15, -0.1) is 0 Å². The number of hydrogen-bond acceptors (Lipinski definition) is 5. The lowest BCUT2D eigenvalue weighted by molar-refractivity contribution is 0.101. The fourth-order valence-corrected chi connectivity index (χ4v) is 2.47. The lowest BCUT2D eigenvalue weighted by Gasteiger charge is -2.04. The Labute approximate surface area is 145 Å². The third-order valence-corrected chi connectivity index (χ3v) is 3.73. The molecule has 0 unspecified atom stereocenters. The van der Waals surface area contributed by atoms with Crippen LogP contribution in [0.1, 0.15) is 23.2 Å². The maximum absolute atomic E-state index is 13.7. The van der Waals surface area contributed by atoms with Crippen molar-refractivity contribution in [2.24, 2.45) is 0 Å². The molecule has 0 saturated carbocycles. The Balaban J connectivity index is 1.70. The molecule has 0 saturated heterocycles. The molecule has 3 rings (SSSR count). The number of aromatic nitrogens is 2. The van der Waals surface area contributed by atoms with Gasteiger partial charge in [-0.1, -0.05) is 33.2 Å². The number of nitrogens with zero attached hydrogens (tertiary/aromatic N) is 2. The van der Waals surface area contributed by atoms with E-state index in [0.717, 1.165) is 16.1 Å². The van der Waals surface area contributed by atoms with Gasteiger partial charge in [0.1, 0.15) is 11.6 Å². The summed E-state index contributed by atoms with van der Waals surface area (Å²) in [6.45, 7) is 1.31. The second kappa shape index (κ2) is 6.92. The molecular formula is C17H12BrFN2O3. The minimum Gasteiger partial charge on any atom is -0.484 e. The molecule has 122 valence electrons. The van der Waals surface area contributed by atoms with Gasteiger partial charge >= 0.3 is 0 Å². The molecule has 3 aromatic rings. The zero-order chi connectivity index (χ0) is 17.1. The van der Waals surface area contributed by atoms with E-state index in [1.807, 2.05) is 24.3 Å². The number of rotatable bonds is 5. The van der Waals surface area contributed by atoms with Gasteiger partial charge < -0.3 is 9.26 Å². The first-order valence-corrected chi connectivity index (χ1v) is 7.84. The van der Waals surface area contributed by atoms with E-state index >= 15 is 0 Å². The molecule has 0 amide bonds. The van der Waals surface area contributed by atoms with Crippen LogP contribution in [0.4, 0.5) is 4.39 Å². The molecule has 7 heteroatoms. The van der Waals surface area contributed by atoms with Gasteiger partial charge in [0.2, 0.25) is 5.82 Å². The summed E-state index contributed by atoms with van der Waals surface area (Å²) in [7, 11) is 0. The quantitative estimate of drug-likeness (QED) is 0.603. The number of carbonyl (C=O) groups is 1. The van der Waals surface area contributed by atoms with Crippen LogP contribution in [0.3, 0.4) is 0 Å². The molecule has 1 heterocycles. The number of ketones is 1. The van der Waals surface area contributed by atoms with E-state index in [0.29, 0.717) is 5.82 Å². The topological polar surface area (TPSA) is 65.2 Å². The third kappa shape index (κ3) is 3.68. The van der Waals surface area contributed by atoms with Crippen LogP contribution in [0, 0.1) is 5.82 Å². The van der Waals surface area contributed by atoms with Gasteiger partial charge in [-0.2, -0.15) is 4.98 Å². The summed E-state index contributed by atoms with van der Waals surface area (Å²) in [6.07, 6.45) is 0. The Bertz CT molecular complexity index is 895. The van der Waals surface area contributed by atoms with E-state index < -0.39 is 5.82 Å². The van der Waals surface area contributed by atoms with Gasteiger partial charge in [0.05, 0.1) is 5.56 Å². The summed E-state index contributed by atoms with van der Waals surface area (Å²) in [5.41, 5.74) is 0.827. The predicted octanol–water partition coefficient (Wildman–Crippen LogP) is 4.42. The Hall–Kier alpha value is -2.54. The highest BCUT2D eigenvalue weighted by atomic mass is 79.9. The molecule has 0 aliphatic heterocycles. The van der Waals surface area contributed by atoms with Gasteiger partial charge in [0, 0.05) is 16.1 Å². The van der Waals surface area contributed by atoms with Crippen LogP contribution in [0.25, 0.3) is 11.4 Å². The van der Waals surface area contributed by atoms with Crippen molar-refractivity contribution in [2.75, 3.05) is 0 Å². The van der Waals surface area contributed by atoms with Crippen LogP contribution in [-0.4, -0.2) is 15.9 Å². The van der Waals surface area contributed by atoms with Crippen molar-refractivity contribution in [1.29, 1.82) is 0 Å². The van der Waals surface area contributed by atoms with Crippen LogP contribution in [0.5, 0.6) is 5.75 Å². The van der Waals surface area contributed by atoms with Crippen molar-refractivity contribution in [2.45, 2.75) is 13.5 Å². The summed E-state index contributed by atoms with van der Waals surface area (Å²) in [6, 6.07) is 11.5. The third-order valence-electron chi connectivity index (χ3n) is 3.23. The Kier molecular flexibility index (Phi) is 4.71. The van der Waals surface area contributed by atoms with Crippen molar-refractivity contribution >= 4 is 21.7 Å². The molecule has 2 aromatic carbocycles. The molecule has 0 aliphatic rings. The number of benzene rings is 2. The van der Waals surface area contributed by atoms with E-state index in [1.54, 1.807) is 0 Å². The second-order valence-corrected chi connectivity index (χ2v) is 5.92. The van der Waals surface area contributed by atoms with E-state index in [4.69, 9.17) is 9.26 Å². The average Bonchev–Trinajstić information content (AvgIpc) is 3.01. The van der Waals surface area contributed by atoms with Crippen LogP contribution >= 0.6 is 15.9 Å². The highest BCUT2D eigenvalue weighted by Gasteiger charge is 2.11. The summed E-state index contributed by atoms with van der Waals surface area (Å²) in [4.78, 5) is 15.4. The van der Waals surface area contributed by atoms with Gasteiger partial charge in [-0.25, -0.2) is 4.39 Å². The van der Waals surface area contributed by atoms with Crippen LogP contribution in [0.15, 0.2) is 51.5 Å². The van der Waals surface area contributed by atoms with Crippen molar-refractivity contribution in [1.82, 2.24) is 10.1 Å². The second-order valence-electron chi connectivity index (χ2n) is 5.01. The van der Waals surface area contributed by atoms with E-state index in [-0.39, 0.29) is 29.6 Å². The summed E-state index contributed by atoms with van der Waals surface area (Å²) < 4.78 is 25.2. The van der Waals surface area contributed by atoms with Gasteiger partial charge in [-0.3, -0.25) is 4.79 Å². The zero-order valence-corrected chi connectivity index (χ0v) is 14.2. The number of halogens is 2. The lowest BCUT2D eigenvalue weighted by Crippen LogP contribution is -2.00. The molecular weight excluding hydrogens is 379 g/mol. The van der Waals surface area contributed by atoms with Crippen molar-refractivity contribution in [3.63, 3.8) is 0 Å². The summed E-state index contributed by atoms with van der Waals surface area (Å²) in [5, 5.41) is 3.89. The number of ether oxygens (including phenoxy) is 1. The minimum absolute atomic E-state index is 0.000138. The SMILES string of the molecule is CC(=O)c1ccc(OCc2nc(-c3cccc(Br)c3)no2)cc1F. The Morgan fingerprint density at radius 3 is 2.83 bits per heavy atom. The van der Waals surface area contributed by atoms with E-state index in [2.05, 4.69) is 26.1 Å². The van der Waals surface area contributed by atoms with E-state index in [9.17, 15) is 9.18 Å². The van der Waals surface area contributed by atoms with Gasteiger partial charge in [0.25, 0.3) is 5.89 Å². The van der Waals surface area contributed by atoms with Crippen molar-refractivity contribution in [3.8, 4) is 17.1 Å². The number of Topliss-reactive ketones (excluding diaryl/α,β-unsaturated/α-hetero) is 1. The normalized spacial score (nSPS) is 10.6. The van der Waals surface area contributed by atoms with Crippen molar-refractivity contribution in [3.05, 3.63) is 64.2 Å². The largest absolute Gasteiger partial charge is 0.484 e. The van der Waals surface area contributed by atoms with Crippen molar-refractivity contribution < 1.29 is 18.4 Å². The Morgan fingerprint density at radius 2 is 2.12 bits per heavy atom. The van der Waals surface area contributed by atoms with Crippen LogP contribution in [0.2, 0.25) is 0 Å². The standard InChI is InChI=1S/C17H12BrFN2O3/c1-10(22)14-6-5-13(8-15(14)19)23-9-16-20-17(21-24-16)11-3-2-4-12(18)7-11/h2-8H,9H2,1H3. The molecule has 0 bridgehead atoms. The average molecular weight is 391 g/mol. The predicted molar refractivity (Wildman–Crippen MR) is 88.2 cm³/mol. The zero-order valence-electron chi connectivity index (χ0n) is 12.6. The highest BCUT2D eigenvalue weighted by molar-refractivity contribution is 9.10. The molecule has 0 aliphatic carbocycles. The summed E-state index contributed by atoms with van der Waals surface area (Å²) in [5.74, 6) is 0.0173. The molecule has 0 fully saturated rings. The monoisotopic (exact) mass is 390 g/mol. The molecule has 24 heavy (non-hydrogen) atoms. The first-order chi connectivity index (χ1) is 11.5. The smallest absolute Gasteiger partial charge is 0.264 e. The van der Waals surface area contributed by atoms with Crippen LogP contribution < -0.4 is 4.74 Å². The van der Waals surface area contributed by atoms with E-state index in [1.165, 1.54) is 19.1 Å². The molecule has 1 aromatic heterocycles. The van der Waals surface area contributed by atoms with Gasteiger partial charge in [-0.05, 0) is 31.2 Å². The maximum atomic E-state index is 13.7. The number of hydrogen-bond donors (Lipinski definition) is 0. The fourth-order valence-electron chi connectivity index (χ4n) is 2.07. The Morgan fingerprint density at radius 1 is 1.29 bits per heavy atom. The summed E-state index contributed by atoms with van der Waals surface area (Å²) >= 11 is 3.38. The molecule has 5 nitrogen and oxygen atoms in total. The number of carbonyl (C=O) groups excluding carboxylic acids is 1. The minimum atomic E-state index is -0.625. The van der Waals surface area contributed by atoms with Gasteiger partial charge in [0.15, 0.2) is 12.4 Å². The fraction of sp³-hybridized carbons (Fsp3) is 0.118. The maximum Gasteiger partial charge on any atom is 0.264 e. The molecule has 0 N–H and O–H groups in total.